The van der Waals surface area contributed by atoms with Gasteiger partial charge in [-0.3, -0.25) is 4.79 Å². The minimum atomic E-state index is 0.120. The summed E-state index contributed by atoms with van der Waals surface area (Å²) in [6.45, 7) is 7.97. The van der Waals surface area contributed by atoms with Gasteiger partial charge in [-0.05, 0) is 51.3 Å². The predicted octanol–water partition coefficient (Wildman–Crippen LogP) is 2.43. The van der Waals surface area contributed by atoms with Crippen molar-refractivity contribution < 1.29 is 4.79 Å². The zero-order valence-corrected chi connectivity index (χ0v) is 11.4. The van der Waals surface area contributed by atoms with Crippen LogP contribution in [0.1, 0.15) is 44.9 Å². The normalized spacial score (nSPS) is 22.0. The molecule has 0 unspecified atom stereocenters. The molecule has 0 atom stereocenters. The van der Waals surface area contributed by atoms with Crippen LogP contribution in [0.4, 0.5) is 0 Å². The molecule has 1 saturated heterocycles. The summed E-state index contributed by atoms with van der Waals surface area (Å²) in [5, 5.41) is 0. The van der Waals surface area contributed by atoms with E-state index in [0.717, 1.165) is 13.1 Å². The molecule has 1 heterocycles. The van der Waals surface area contributed by atoms with Crippen molar-refractivity contribution in [2.24, 2.45) is 0 Å². The van der Waals surface area contributed by atoms with Crippen LogP contribution in [0.25, 0.3) is 0 Å². The lowest BCUT2D eigenvalue weighted by Gasteiger charge is -2.38. The van der Waals surface area contributed by atoms with Crippen molar-refractivity contribution >= 4 is 5.91 Å². The molecule has 102 valence electrons. The lowest BCUT2D eigenvalue weighted by Crippen LogP contribution is -2.47. The highest BCUT2D eigenvalue weighted by atomic mass is 16.2. The molecule has 2 rings (SSSR count). The molecule has 1 aliphatic carbocycles. The van der Waals surface area contributed by atoms with Gasteiger partial charge in [0.1, 0.15) is 0 Å². The quantitative estimate of drug-likeness (QED) is 0.700. The Morgan fingerprint density at radius 2 is 1.83 bits per heavy atom. The molecule has 3 nitrogen and oxygen atoms in total. The van der Waals surface area contributed by atoms with E-state index in [2.05, 4.69) is 11.5 Å². The van der Waals surface area contributed by atoms with Crippen LogP contribution < -0.4 is 0 Å². The maximum absolute atomic E-state index is 11.9. The number of nitrogens with zero attached hydrogens (tertiary/aromatic N) is 2. The number of amides is 1. The van der Waals surface area contributed by atoms with Gasteiger partial charge in [-0.25, -0.2) is 0 Å². The van der Waals surface area contributed by atoms with Crippen molar-refractivity contribution in [3.63, 3.8) is 0 Å². The molecular formula is C15H26N2O. The first-order valence-corrected chi connectivity index (χ1v) is 7.46. The average Bonchev–Trinajstić information content (AvgIpc) is 2.59. The molecule has 0 N–H and O–H groups in total. The molecule has 0 bridgehead atoms. The summed E-state index contributed by atoms with van der Waals surface area (Å²) >= 11 is 0. The number of likely N-dealkylation sites (tertiary alicyclic amines) is 1. The molecular weight excluding hydrogens is 224 g/mol. The Labute approximate surface area is 111 Å². The molecule has 2 fully saturated rings. The topological polar surface area (TPSA) is 23.6 Å². The van der Waals surface area contributed by atoms with Gasteiger partial charge in [0, 0.05) is 19.1 Å². The molecule has 0 spiro atoms. The number of carbonyl (C=O) groups is 1. The first-order valence-electron chi connectivity index (χ1n) is 7.46. The standard InChI is InChI=1S/C15H26N2O/c1-2-15(18)17(14-8-7-9-14)13-12-16-10-5-3-4-6-11-16/h2,14H,1,3-13H2. The molecule has 1 amide bonds. The van der Waals surface area contributed by atoms with Crippen LogP contribution >= 0.6 is 0 Å². The molecule has 0 aromatic rings. The van der Waals surface area contributed by atoms with E-state index in [4.69, 9.17) is 0 Å². The minimum Gasteiger partial charge on any atom is -0.335 e. The Balaban J connectivity index is 1.80. The molecule has 18 heavy (non-hydrogen) atoms. The molecule has 0 aromatic carbocycles. The second kappa shape index (κ2) is 6.93. The third kappa shape index (κ3) is 3.58. The summed E-state index contributed by atoms with van der Waals surface area (Å²) in [6, 6.07) is 0.488. The maximum Gasteiger partial charge on any atom is 0.246 e. The van der Waals surface area contributed by atoms with Gasteiger partial charge in [-0.1, -0.05) is 19.4 Å². The van der Waals surface area contributed by atoms with E-state index in [1.165, 1.54) is 64.1 Å². The fourth-order valence-electron chi connectivity index (χ4n) is 2.90. The van der Waals surface area contributed by atoms with Crippen LogP contribution in [0.15, 0.2) is 12.7 Å². The van der Waals surface area contributed by atoms with Crippen molar-refractivity contribution in [1.82, 2.24) is 9.80 Å². The Morgan fingerprint density at radius 3 is 2.33 bits per heavy atom. The van der Waals surface area contributed by atoms with E-state index in [1.807, 2.05) is 4.90 Å². The first-order chi connectivity index (χ1) is 8.81. The van der Waals surface area contributed by atoms with Gasteiger partial charge in [0.15, 0.2) is 0 Å². The van der Waals surface area contributed by atoms with Crippen molar-refractivity contribution in [3.05, 3.63) is 12.7 Å². The Morgan fingerprint density at radius 1 is 1.17 bits per heavy atom. The summed E-state index contributed by atoms with van der Waals surface area (Å²) in [7, 11) is 0. The van der Waals surface area contributed by atoms with Crippen molar-refractivity contribution in [2.75, 3.05) is 26.2 Å². The number of carbonyl (C=O) groups excluding carboxylic acids is 1. The molecule has 0 radical (unpaired) electrons. The lowest BCUT2D eigenvalue weighted by molar-refractivity contribution is -0.130. The van der Waals surface area contributed by atoms with E-state index < -0.39 is 0 Å². The van der Waals surface area contributed by atoms with Gasteiger partial charge in [-0.2, -0.15) is 0 Å². The average molecular weight is 250 g/mol. The Hall–Kier alpha value is -0.830. The van der Waals surface area contributed by atoms with Gasteiger partial charge < -0.3 is 9.80 Å². The Kier molecular flexibility index (Phi) is 5.24. The predicted molar refractivity (Wildman–Crippen MR) is 74.5 cm³/mol. The maximum atomic E-state index is 11.9. The van der Waals surface area contributed by atoms with Crippen LogP contribution in [-0.2, 0) is 4.79 Å². The summed E-state index contributed by atoms with van der Waals surface area (Å²) in [5.41, 5.74) is 0. The van der Waals surface area contributed by atoms with Crippen molar-refractivity contribution in [3.8, 4) is 0 Å². The van der Waals surface area contributed by atoms with E-state index in [0.29, 0.717) is 6.04 Å². The highest BCUT2D eigenvalue weighted by molar-refractivity contribution is 5.87. The molecule has 0 aromatic heterocycles. The first kappa shape index (κ1) is 13.6. The van der Waals surface area contributed by atoms with Gasteiger partial charge in [0.05, 0.1) is 0 Å². The molecule has 3 heteroatoms. The van der Waals surface area contributed by atoms with E-state index in [1.54, 1.807) is 0 Å². The van der Waals surface area contributed by atoms with Gasteiger partial charge >= 0.3 is 0 Å². The van der Waals surface area contributed by atoms with Crippen LogP contribution in [0.3, 0.4) is 0 Å². The van der Waals surface area contributed by atoms with E-state index >= 15 is 0 Å². The number of hydrogen-bond acceptors (Lipinski definition) is 2. The van der Waals surface area contributed by atoms with Crippen molar-refractivity contribution in [1.29, 1.82) is 0 Å². The SMILES string of the molecule is C=CC(=O)N(CCN1CCCCCC1)C1CCC1. The van der Waals surface area contributed by atoms with Crippen LogP contribution in [-0.4, -0.2) is 47.9 Å². The Bertz CT molecular complexity index is 278. The van der Waals surface area contributed by atoms with Crippen LogP contribution in [0, 0.1) is 0 Å². The second-order valence-corrected chi connectivity index (χ2v) is 5.58. The van der Waals surface area contributed by atoms with E-state index in [-0.39, 0.29) is 5.91 Å². The van der Waals surface area contributed by atoms with Crippen molar-refractivity contribution in [2.45, 2.75) is 51.0 Å². The lowest BCUT2D eigenvalue weighted by atomic mass is 9.91. The highest BCUT2D eigenvalue weighted by Crippen LogP contribution is 2.25. The molecule has 1 aliphatic heterocycles. The number of rotatable bonds is 5. The van der Waals surface area contributed by atoms with Gasteiger partial charge in [0.25, 0.3) is 0 Å². The fourth-order valence-corrected chi connectivity index (χ4v) is 2.90. The summed E-state index contributed by atoms with van der Waals surface area (Å²) in [5.74, 6) is 0.120. The van der Waals surface area contributed by atoms with Gasteiger partial charge in [0.2, 0.25) is 5.91 Å². The van der Waals surface area contributed by atoms with E-state index in [9.17, 15) is 4.79 Å². The zero-order chi connectivity index (χ0) is 12.8. The van der Waals surface area contributed by atoms with Crippen LogP contribution in [0.5, 0.6) is 0 Å². The summed E-state index contributed by atoms with van der Waals surface area (Å²) in [6.07, 6.45) is 10.5. The monoisotopic (exact) mass is 250 g/mol. The minimum absolute atomic E-state index is 0.120. The number of hydrogen-bond donors (Lipinski definition) is 0. The second-order valence-electron chi connectivity index (χ2n) is 5.58. The molecule has 1 saturated carbocycles. The van der Waals surface area contributed by atoms with Gasteiger partial charge in [-0.15, -0.1) is 0 Å². The third-order valence-corrected chi connectivity index (χ3v) is 4.33. The zero-order valence-electron chi connectivity index (χ0n) is 11.4. The smallest absolute Gasteiger partial charge is 0.246 e. The third-order valence-electron chi connectivity index (χ3n) is 4.33. The molecule has 2 aliphatic rings. The fraction of sp³-hybridized carbons (Fsp3) is 0.800. The summed E-state index contributed by atoms with van der Waals surface area (Å²) in [4.78, 5) is 16.4. The van der Waals surface area contributed by atoms with Crippen LogP contribution in [0.2, 0.25) is 0 Å². The summed E-state index contributed by atoms with van der Waals surface area (Å²) < 4.78 is 0. The highest BCUT2D eigenvalue weighted by Gasteiger charge is 2.27. The largest absolute Gasteiger partial charge is 0.335 e.